The molecule has 0 aliphatic carbocycles. The monoisotopic (exact) mass is 219 g/mol. The minimum absolute atomic E-state index is 0.199. The van der Waals surface area contributed by atoms with Crippen LogP contribution in [0.3, 0.4) is 0 Å². The number of nitrogens with one attached hydrogen (secondary N) is 2. The van der Waals surface area contributed by atoms with Crippen LogP contribution in [0.4, 0.5) is 5.69 Å². The van der Waals surface area contributed by atoms with Crippen molar-refractivity contribution in [1.82, 2.24) is 10.2 Å². The summed E-state index contributed by atoms with van der Waals surface area (Å²) in [7, 11) is 0. The minimum Gasteiger partial charge on any atom is -0.467 e. The van der Waals surface area contributed by atoms with Gasteiger partial charge in [-0.05, 0) is 32.4 Å². The first-order chi connectivity index (χ1) is 7.72. The summed E-state index contributed by atoms with van der Waals surface area (Å²) in [5.41, 5.74) is 3.12. The van der Waals surface area contributed by atoms with E-state index in [1.807, 2.05) is 26.0 Å². The van der Waals surface area contributed by atoms with E-state index in [9.17, 15) is 0 Å². The van der Waals surface area contributed by atoms with E-state index in [2.05, 4.69) is 22.4 Å². The van der Waals surface area contributed by atoms with Gasteiger partial charge in [-0.25, -0.2) is 0 Å². The molecule has 4 heteroatoms. The maximum atomic E-state index is 5.42. The smallest absolute Gasteiger partial charge is 0.125 e. The second kappa shape index (κ2) is 4.43. The van der Waals surface area contributed by atoms with Gasteiger partial charge in [-0.15, -0.1) is 0 Å². The summed E-state index contributed by atoms with van der Waals surface area (Å²) < 4.78 is 5.42. The highest BCUT2D eigenvalue weighted by Crippen LogP contribution is 2.26. The Balaban J connectivity index is 2.20. The summed E-state index contributed by atoms with van der Waals surface area (Å²) in [6, 6.07) is 4.10. The van der Waals surface area contributed by atoms with Crippen LogP contribution in [0.25, 0.3) is 0 Å². The topological polar surface area (TPSA) is 53.9 Å². The molecule has 4 nitrogen and oxygen atoms in total. The van der Waals surface area contributed by atoms with E-state index < -0.39 is 0 Å². The molecule has 2 aromatic rings. The molecule has 0 aliphatic heterocycles. The molecule has 0 saturated heterocycles. The van der Waals surface area contributed by atoms with Crippen LogP contribution in [0.2, 0.25) is 0 Å². The van der Waals surface area contributed by atoms with Crippen molar-refractivity contribution in [1.29, 1.82) is 0 Å². The van der Waals surface area contributed by atoms with Crippen molar-refractivity contribution in [2.45, 2.75) is 33.2 Å². The SMILES string of the molecule is CCC(Nc1c(C)n[nH]c1C)c1ccco1. The molecule has 0 bridgehead atoms. The van der Waals surface area contributed by atoms with Gasteiger partial charge in [0.15, 0.2) is 0 Å². The maximum Gasteiger partial charge on any atom is 0.125 e. The van der Waals surface area contributed by atoms with Crippen LogP contribution >= 0.6 is 0 Å². The lowest BCUT2D eigenvalue weighted by Crippen LogP contribution is -2.09. The number of H-pyrrole nitrogens is 1. The van der Waals surface area contributed by atoms with Gasteiger partial charge in [0.05, 0.1) is 29.4 Å². The number of nitrogens with zero attached hydrogens (tertiary/aromatic N) is 1. The van der Waals surface area contributed by atoms with Gasteiger partial charge in [0, 0.05) is 0 Å². The van der Waals surface area contributed by atoms with E-state index in [0.717, 1.165) is 29.3 Å². The highest BCUT2D eigenvalue weighted by Gasteiger charge is 2.15. The first-order valence-electron chi connectivity index (χ1n) is 5.54. The Kier molecular flexibility index (Phi) is 2.99. The molecule has 0 saturated carbocycles. The average Bonchev–Trinajstić information content (AvgIpc) is 2.89. The van der Waals surface area contributed by atoms with Crippen LogP contribution in [0.1, 0.15) is 36.5 Å². The van der Waals surface area contributed by atoms with Crippen molar-refractivity contribution in [3.05, 3.63) is 35.5 Å². The minimum atomic E-state index is 0.199. The van der Waals surface area contributed by atoms with Gasteiger partial charge in [-0.3, -0.25) is 5.10 Å². The fraction of sp³-hybridized carbons (Fsp3) is 0.417. The third-order valence-corrected chi connectivity index (χ3v) is 2.74. The highest BCUT2D eigenvalue weighted by molar-refractivity contribution is 5.52. The van der Waals surface area contributed by atoms with E-state index in [4.69, 9.17) is 4.42 Å². The molecule has 0 amide bonds. The number of hydrogen-bond donors (Lipinski definition) is 2. The average molecular weight is 219 g/mol. The molecule has 2 aromatic heterocycles. The third-order valence-electron chi connectivity index (χ3n) is 2.74. The molecule has 2 heterocycles. The summed E-state index contributed by atoms with van der Waals surface area (Å²) in [5, 5.41) is 10.6. The quantitative estimate of drug-likeness (QED) is 0.830. The Hall–Kier alpha value is -1.71. The molecule has 1 atom stereocenters. The number of aromatic nitrogens is 2. The molecule has 1 unspecified atom stereocenters. The lowest BCUT2D eigenvalue weighted by Gasteiger charge is -2.15. The first-order valence-corrected chi connectivity index (χ1v) is 5.54. The largest absolute Gasteiger partial charge is 0.467 e. The summed E-state index contributed by atoms with van der Waals surface area (Å²) in [6.45, 7) is 6.13. The third kappa shape index (κ3) is 1.96. The molecular weight excluding hydrogens is 202 g/mol. The van der Waals surface area contributed by atoms with Crippen molar-refractivity contribution < 1.29 is 4.42 Å². The maximum absolute atomic E-state index is 5.42. The van der Waals surface area contributed by atoms with Crippen LogP contribution in [-0.2, 0) is 0 Å². The van der Waals surface area contributed by atoms with Gasteiger partial charge >= 0.3 is 0 Å². The van der Waals surface area contributed by atoms with Crippen molar-refractivity contribution in [2.24, 2.45) is 0 Å². The zero-order chi connectivity index (χ0) is 11.5. The predicted octanol–water partition coefficient (Wildman–Crippen LogP) is 3.18. The van der Waals surface area contributed by atoms with E-state index in [1.54, 1.807) is 6.26 Å². The van der Waals surface area contributed by atoms with Crippen molar-refractivity contribution >= 4 is 5.69 Å². The van der Waals surface area contributed by atoms with Gasteiger partial charge in [0.2, 0.25) is 0 Å². The molecular formula is C12H17N3O. The van der Waals surface area contributed by atoms with E-state index in [-0.39, 0.29) is 6.04 Å². The molecule has 86 valence electrons. The summed E-state index contributed by atoms with van der Waals surface area (Å²) in [6.07, 6.45) is 2.67. The zero-order valence-corrected chi connectivity index (χ0v) is 9.87. The fourth-order valence-corrected chi connectivity index (χ4v) is 1.80. The molecule has 0 radical (unpaired) electrons. The summed E-state index contributed by atoms with van der Waals surface area (Å²) in [5.74, 6) is 0.961. The second-order valence-corrected chi connectivity index (χ2v) is 3.93. The fourth-order valence-electron chi connectivity index (χ4n) is 1.80. The van der Waals surface area contributed by atoms with Gasteiger partial charge in [0.25, 0.3) is 0 Å². The number of rotatable bonds is 4. The standard InChI is InChI=1S/C12H17N3O/c1-4-10(11-6-5-7-16-11)13-12-8(2)14-15-9(12)3/h5-7,10,13H,4H2,1-3H3,(H,14,15). The molecule has 0 spiro atoms. The first kappa shape index (κ1) is 10.8. The number of anilines is 1. The van der Waals surface area contributed by atoms with Crippen LogP contribution < -0.4 is 5.32 Å². The second-order valence-electron chi connectivity index (χ2n) is 3.93. The number of furan rings is 1. The molecule has 0 fully saturated rings. The number of aryl methyl sites for hydroxylation is 2. The predicted molar refractivity (Wildman–Crippen MR) is 63.4 cm³/mol. The highest BCUT2D eigenvalue weighted by atomic mass is 16.3. The van der Waals surface area contributed by atoms with E-state index in [0.29, 0.717) is 0 Å². The molecule has 0 aliphatic rings. The van der Waals surface area contributed by atoms with Crippen molar-refractivity contribution in [3.63, 3.8) is 0 Å². The summed E-state index contributed by atoms with van der Waals surface area (Å²) in [4.78, 5) is 0. The zero-order valence-electron chi connectivity index (χ0n) is 9.87. The Labute approximate surface area is 95.1 Å². The number of hydrogen-bond acceptors (Lipinski definition) is 3. The van der Waals surface area contributed by atoms with Crippen LogP contribution in [0.5, 0.6) is 0 Å². The Bertz CT molecular complexity index is 425. The van der Waals surface area contributed by atoms with Crippen molar-refractivity contribution in [2.75, 3.05) is 5.32 Å². The van der Waals surface area contributed by atoms with E-state index in [1.165, 1.54) is 0 Å². The molecule has 2 N–H and O–H groups in total. The van der Waals surface area contributed by atoms with Crippen LogP contribution in [-0.4, -0.2) is 10.2 Å². The van der Waals surface area contributed by atoms with Gasteiger partial charge in [-0.2, -0.15) is 5.10 Å². The lowest BCUT2D eigenvalue weighted by molar-refractivity contribution is 0.474. The van der Waals surface area contributed by atoms with E-state index >= 15 is 0 Å². The van der Waals surface area contributed by atoms with Crippen LogP contribution in [0.15, 0.2) is 22.8 Å². The lowest BCUT2D eigenvalue weighted by atomic mass is 10.1. The molecule has 0 aromatic carbocycles. The normalized spacial score (nSPS) is 12.7. The molecule has 16 heavy (non-hydrogen) atoms. The summed E-state index contributed by atoms with van der Waals surface area (Å²) >= 11 is 0. The van der Waals surface area contributed by atoms with Gasteiger partial charge < -0.3 is 9.73 Å². The van der Waals surface area contributed by atoms with Gasteiger partial charge in [-0.1, -0.05) is 6.92 Å². The van der Waals surface area contributed by atoms with Gasteiger partial charge in [0.1, 0.15) is 5.76 Å². The Morgan fingerprint density at radius 2 is 2.31 bits per heavy atom. The molecule has 2 rings (SSSR count). The Morgan fingerprint density at radius 1 is 1.50 bits per heavy atom. The Morgan fingerprint density at radius 3 is 2.81 bits per heavy atom. The number of aromatic amines is 1. The van der Waals surface area contributed by atoms with Crippen molar-refractivity contribution in [3.8, 4) is 0 Å². The van der Waals surface area contributed by atoms with Crippen LogP contribution in [0, 0.1) is 13.8 Å².